The van der Waals surface area contributed by atoms with Crippen LogP contribution in [0.1, 0.15) is 16.1 Å². The van der Waals surface area contributed by atoms with Gasteiger partial charge in [-0.05, 0) is 31.2 Å². The van der Waals surface area contributed by atoms with Crippen molar-refractivity contribution < 1.29 is 13.9 Å². The number of carbonyl (C=O) groups excluding carboxylic acids is 1. The van der Waals surface area contributed by atoms with Crippen molar-refractivity contribution in [2.45, 2.75) is 6.92 Å². The first-order valence-electron chi connectivity index (χ1n) is 7.61. The van der Waals surface area contributed by atoms with Crippen LogP contribution in [0.4, 0.5) is 15.8 Å². The van der Waals surface area contributed by atoms with Crippen LogP contribution in [0.5, 0.6) is 0 Å². The molecule has 24 heavy (non-hydrogen) atoms. The summed E-state index contributed by atoms with van der Waals surface area (Å²) >= 11 is 5.92. The van der Waals surface area contributed by atoms with Crippen LogP contribution in [-0.2, 0) is 4.74 Å². The molecule has 0 bridgehead atoms. The number of halogens is 2. The van der Waals surface area contributed by atoms with E-state index in [1.54, 1.807) is 18.2 Å². The first kappa shape index (κ1) is 16.7. The monoisotopic (exact) mass is 349 g/mol. The molecular weight excluding hydrogens is 333 g/mol. The second-order valence-corrected chi connectivity index (χ2v) is 5.91. The van der Waals surface area contributed by atoms with Crippen molar-refractivity contribution >= 4 is 28.9 Å². The standard InChI is InChI=1S/C17H17ClFN3O2/c1-11-2-3-12(10-20-11)17(23)21-14-5-4-13(18)15(19)16(14)22-6-8-24-9-7-22/h2-5,10H,6-9H2,1H3,(H,21,23). The van der Waals surface area contributed by atoms with Crippen LogP contribution in [0.3, 0.4) is 0 Å². The molecule has 0 radical (unpaired) electrons. The third-order valence-electron chi connectivity index (χ3n) is 3.82. The molecule has 0 aliphatic carbocycles. The van der Waals surface area contributed by atoms with Gasteiger partial charge in [0.25, 0.3) is 5.91 Å². The summed E-state index contributed by atoms with van der Waals surface area (Å²) in [5, 5.41) is 2.77. The molecule has 2 aromatic rings. The van der Waals surface area contributed by atoms with Gasteiger partial charge in [0, 0.05) is 25.0 Å². The number of hydrogen-bond donors (Lipinski definition) is 1. The van der Waals surface area contributed by atoms with Crippen LogP contribution >= 0.6 is 11.6 Å². The summed E-state index contributed by atoms with van der Waals surface area (Å²) in [4.78, 5) is 18.3. The fourth-order valence-corrected chi connectivity index (χ4v) is 2.69. The van der Waals surface area contributed by atoms with Gasteiger partial charge in [-0.15, -0.1) is 0 Å². The predicted molar refractivity (Wildman–Crippen MR) is 91.4 cm³/mol. The van der Waals surface area contributed by atoms with Crippen molar-refractivity contribution in [3.05, 3.63) is 52.6 Å². The van der Waals surface area contributed by atoms with Crippen molar-refractivity contribution in [2.75, 3.05) is 36.5 Å². The van der Waals surface area contributed by atoms with E-state index in [0.29, 0.717) is 43.2 Å². The molecule has 0 unspecified atom stereocenters. The molecule has 1 fully saturated rings. The SMILES string of the molecule is Cc1ccc(C(=O)Nc2ccc(Cl)c(F)c2N2CCOCC2)cn1. The Morgan fingerprint density at radius 2 is 2.04 bits per heavy atom. The maximum absolute atomic E-state index is 14.6. The van der Waals surface area contributed by atoms with Gasteiger partial charge in [0.1, 0.15) is 0 Å². The molecule has 1 aromatic heterocycles. The molecule has 2 heterocycles. The van der Waals surface area contributed by atoms with E-state index in [0.717, 1.165) is 5.69 Å². The number of anilines is 2. The molecule has 7 heteroatoms. The van der Waals surface area contributed by atoms with Crippen molar-refractivity contribution in [1.82, 2.24) is 4.98 Å². The molecule has 0 saturated carbocycles. The predicted octanol–water partition coefficient (Wildman–Crippen LogP) is 3.27. The lowest BCUT2D eigenvalue weighted by molar-refractivity contribution is 0.102. The molecule has 0 spiro atoms. The van der Waals surface area contributed by atoms with Crippen LogP contribution in [-0.4, -0.2) is 37.2 Å². The maximum Gasteiger partial charge on any atom is 0.257 e. The number of benzene rings is 1. The van der Waals surface area contributed by atoms with Crippen molar-refractivity contribution in [3.63, 3.8) is 0 Å². The molecule has 126 valence electrons. The largest absolute Gasteiger partial charge is 0.378 e. The van der Waals surface area contributed by atoms with Crippen LogP contribution < -0.4 is 10.2 Å². The minimum absolute atomic E-state index is 0.0199. The minimum atomic E-state index is -0.543. The van der Waals surface area contributed by atoms with Crippen molar-refractivity contribution in [3.8, 4) is 0 Å². The molecule has 5 nitrogen and oxygen atoms in total. The van der Waals surface area contributed by atoms with Gasteiger partial charge < -0.3 is 15.0 Å². The van der Waals surface area contributed by atoms with Gasteiger partial charge in [-0.1, -0.05) is 11.6 Å². The van der Waals surface area contributed by atoms with E-state index in [1.165, 1.54) is 12.3 Å². The number of amides is 1. The van der Waals surface area contributed by atoms with E-state index in [1.807, 2.05) is 11.8 Å². The Bertz CT molecular complexity index is 746. The first-order chi connectivity index (χ1) is 11.6. The van der Waals surface area contributed by atoms with Crippen molar-refractivity contribution in [1.29, 1.82) is 0 Å². The van der Waals surface area contributed by atoms with E-state index < -0.39 is 5.82 Å². The Morgan fingerprint density at radius 3 is 2.71 bits per heavy atom. The van der Waals surface area contributed by atoms with Crippen LogP contribution in [0.15, 0.2) is 30.5 Å². The number of rotatable bonds is 3. The minimum Gasteiger partial charge on any atom is -0.378 e. The highest BCUT2D eigenvalue weighted by atomic mass is 35.5. The number of aryl methyl sites for hydroxylation is 1. The normalized spacial score (nSPS) is 14.5. The third-order valence-corrected chi connectivity index (χ3v) is 4.11. The average Bonchev–Trinajstić information content (AvgIpc) is 2.60. The molecule has 3 rings (SSSR count). The first-order valence-corrected chi connectivity index (χ1v) is 7.99. The lowest BCUT2D eigenvalue weighted by atomic mass is 10.2. The van der Waals surface area contributed by atoms with Crippen LogP contribution in [0.25, 0.3) is 0 Å². The lowest BCUT2D eigenvalue weighted by Gasteiger charge is -2.31. The summed E-state index contributed by atoms with van der Waals surface area (Å²) in [5.74, 6) is -0.892. The molecule has 1 amide bonds. The van der Waals surface area contributed by atoms with Gasteiger partial charge >= 0.3 is 0 Å². The molecule has 1 aromatic carbocycles. The van der Waals surface area contributed by atoms with Gasteiger partial charge in [-0.25, -0.2) is 4.39 Å². The van der Waals surface area contributed by atoms with Crippen LogP contribution in [0.2, 0.25) is 5.02 Å². The Morgan fingerprint density at radius 1 is 1.29 bits per heavy atom. The Kier molecular flexibility index (Phi) is 4.97. The zero-order valence-electron chi connectivity index (χ0n) is 13.2. The number of nitrogens with zero attached hydrogens (tertiary/aromatic N) is 2. The van der Waals surface area contributed by atoms with Gasteiger partial charge in [-0.2, -0.15) is 0 Å². The van der Waals surface area contributed by atoms with E-state index in [9.17, 15) is 9.18 Å². The summed E-state index contributed by atoms with van der Waals surface area (Å²) in [5.41, 5.74) is 1.89. The number of nitrogens with one attached hydrogen (secondary N) is 1. The topological polar surface area (TPSA) is 54.5 Å². The second kappa shape index (κ2) is 7.15. The zero-order chi connectivity index (χ0) is 17.1. The Labute approximate surface area is 144 Å². The Hall–Kier alpha value is -2.18. The summed E-state index contributed by atoms with van der Waals surface area (Å²) in [6.45, 7) is 3.91. The highest BCUT2D eigenvalue weighted by Crippen LogP contribution is 2.34. The molecule has 1 aliphatic rings. The highest BCUT2D eigenvalue weighted by Gasteiger charge is 2.22. The summed E-state index contributed by atoms with van der Waals surface area (Å²) in [6.07, 6.45) is 1.49. The molecule has 1 N–H and O–H groups in total. The summed E-state index contributed by atoms with van der Waals surface area (Å²) in [6, 6.07) is 6.47. The quantitative estimate of drug-likeness (QED) is 0.924. The number of morpholine rings is 1. The average molecular weight is 350 g/mol. The van der Waals surface area contributed by atoms with E-state index >= 15 is 0 Å². The van der Waals surface area contributed by atoms with Gasteiger partial charge in [0.2, 0.25) is 0 Å². The molecular formula is C17H17ClFN3O2. The van der Waals surface area contributed by atoms with Crippen LogP contribution in [0, 0.1) is 12.7 Å². The zero-order valence-corrected chi connectivity index (χ0v) is 13.9. The van der Waals surface area contributed by atoms with Crippen molar-refractivity contribution in [2.24, 2.45) is 0 Å². The number of ether oxygens (including phenoxy) is 1. The fraction of sp³-hybridized carbons (Fsp3) is 0.294. The smallest absolute Gasteiger partial charge is 0.257 e. The van der Waals surface area contributed by atoms with Gasteiger partial charge in [-0.3, -0.25) is 9.78 Å². The molecule has 1 saturated heterocycles. The highest BCUT2D eigenvalue weighted by molar-refractivity contribution is 6.31. The summed E-state index contributed by atoms with van der Waals surface area (Å²) < 4.78 is 19.9. The van der Waals surface area contributed by atoms with Gasteiger partial charge in [0.15, 0.2) is 5.82 Å². The second-order valence-electron chi connectivity index (χ2n) is 5.50. The molecule has 1 aliphatic heterocycles. The summed E-state index contributed by atoms with van der Waals surface area (Å²) in [7, 11) is 0. The fourth-order valence-electron chi connectivity index (χ4n) is 2.53. The maximum atomic E-state index is 14.6. The van der Waals surface area contributed by atoms with E-state index in [2.05, 4.69) is 10.3 Å². The number of hydrogen-bond acceptors (Lipinski definition) is 4. The lowest BCUT2D eigenvalue weighted by Crippen LogP contribution is -2.37. The number of pyridine rings is 1. The van der Waals surface area contributed by atoms with E-state index in [-0.39, 0.29) is 10.9 Å². The number of carbonyl (C=O) groups is 1. The van der Waals surface area contributed by atoms with E-state index in [4.69, 9.17) is 16.3 Å². The molecule has 0 atom stereocenters. The Balaban J connectivity index is 1.90. The van der Waals surface area contributed by atoms with Gasteiger partial charge in [0.05, 0.1) is 35.2 Å². The number of aromatic nitrogens is 1. The third kappa shape index (κ3) is 3.49.